The van der Waals surface area contributed by atoms with Gasteiger partial charge in [0.25, 0.3) is 0 Å². The molecule has 15 heavy (non-hydrogen) atoms. The lowest BCUT2D eigenvalue weighted by Gasteiger charge is -1.99. The van der Waals surface area contributed by atoms with Crippen LogP contribution >= 0.6 is 0 Å². The van der Waals surface area contributed by atoms with Gasteiger partial charge in [0, 0.05) is 0 Å². The molecule has 2 aromatic rings. The van der Waals surface area contributed by atoms with Gasteiger partial charge in [-0.15, -0.1) is 0 Å². The van der Waals surface area contributed by atoms with Gasteiger partial charge in [-0.2, -0.15) is 0 Å². The van der Waals surface area contributed by atoms with Crippen LogP contribution in [0.25, 0.3) is 11.0 Å². The molecule has 1 aromatic carbocycles. The van der Waals surface area contributed by atoms with Gasteiger partial charge in [-0.25, -0.2) is 4.79 Å². The van der Waals surface area contributed by atoms with Crippen LogP contribution in [0.2, 0.25) is 0 Å². The number of carboxylic acid groups (broad SMARTS) is 1. The quantitative estimate of drug-likeness (QED) is 0.769. The number of hydrogen-bond donors (Lipinski definition) is 1. The Kier molecular flexibility index (Phi) is 2.04. The van der Waals surface area contributed by atoms with Gasteiger partial charge in [-0.3, -0.25) is 4.79 Å². The van der Waals surface area contributed by atoms with Crippen LogP contribution in [0.15, 0.2) is 33.7 Å². The molecule has 1 N–H and O–H groups in total. The van der Waals surface area contributed by atoms with Crippen LogP contribution in [0.3, 0.4) is 0 Å². The standard InChI is InChI=1S/C11H8O4/c1-6-2-3-7-9(4-6)15-5-8(10(7)12)11(13)14/h2-5H,1H3,(H,13,14). The third-order valence-electron chi connectivity index (χ3n) is 2.16. The van der Waals surface area contributed by atoms with E-state index >= 15 is 0 Å². The smallest absolute Gasteiger partial charge is 0.342 e. The van der Waals surface area contributed by atoms with Crippen LogP contribution in [0.4, 0.5) is 0 Å². The average Bonchev–Trinajstić information content (AvgIpc) is 2.17. The molecule has 0 aliphatic rings. The maximum atomic E-state index is 11.6. The van der Waals surface area contributed by atoms with Crippen LogP contribution in [-0.2, 0) is 0 Å². The van der Waals surface area contributed by atoms with Crippen molar-refractivity contribution < 1.29 is 14.3 Å². The molecule has 0 unspecified atom stereocenters. The van der Waals surface area contributed by atoms with Crippen LogP contribution in [0, 0.1) is 6.92 Å². The summed E-state index contributed by atoms with van der Waals surface area (Å²) in [4.78, 5) is 22.3. The van der Waals surface area contributed by atoms with E-state index in [0.29, 0.717) is 11.0 Å². The number of hydrogen-bond acceptors (Lipinski definition) is 3. The highest BCUT2D eigenvalue weighted by atomic mass is 16.4. The van der Waals surface area contributed by atoms with Crippen molar-refractivity contribution in [2.45, 2.75) is 6.92 Å². The lowest BCUT2D eigenvalue weighted by molar-refractivity contribution is 0.0693. The van der Waals surface area contributed by atoms with Gasteiger partial charge in [0.2, 0.25) is 5.43 Å². The lowest BCUT2D eigenvalue weighted by Crippen LogP contribution is -2.13. The Morgan fingerprint density at radius 1 is 1.40 bits per heavy atom. The molecule has 0 bridgehead atoms. The van der Waals surface area contributed by atoms with Crippen LogP contribution in [-0.4, -0.2) is 11.1 Å². The Morgan fingerprint density at radius 2 is 2.13 bits per heavy atom. The molecule has 0 radical (unpaired) electrons. The van der Waals surface area contributed by atoms with E-state index in [4.69, 9.17) is 9.52 Å². The Hall–Kier alpha value is -2.10. The van der Waals surface area contributed by atoms with E-state index in [-0.39, 0.29) is 5.56 Å². The number of carbonyl (C=O) groups is 1. The highest BCUT2D eigenvalue weighted by molar-refractivity contribution is 5.91. The maximum Gasteiger partial charge on any atom is 0.342 e. The lowest BCUT2D eigenvalue weighted by atomic mass is 10.1. The SMILES string of the molecule is Cc1ccc2c(=O)c(C(=O)O)coc2c1. The van der Waals surface area contributed by atoms with Crippen molar-refractivity contribution in [2.75, 3.05) is 0 Å². The van der Waals surface area contributed by atoms with Crippen LogP contribution in [0.5, 0.6) is 0 Å². The minimum absolute atomic E-state index is 0.292. The van der Waals surface area contributed by atoms with E-state index in [1.807, 2.05) is 6.92 Å². The van der Waals surface area contributed by atoms with E-state index in [0.717, 1.165) is 11.8 Å². The number of fused-ring (bicyclic) bond motifs is 1. The second-order valence-electron chi connectivity index (χ2n) is 3.28. The van der Waals surface area contributed by atoms with Gasteiger partial charge in [0.1, 0.15) is 17.4 Å². The van der Waals surface area contributed by atoms with E-state index in [2.05, 4.69) is 0 Å². The average molecular weight is 204 g/mol. The summed E-state index contributed by atoms with van der Waals surface area (Å²) >= 11 is 0. The fraction of sp³-hybridized carbons (Fsp3) is 0.0909. The van der Waals surface area contributed by atoms with Gasteiger partial charge in [0.05, 0.1) is 5.39 Å². The molecule has 1 heterocycles. The molecule has 4 nitrogen and oxygen atoms in total. The molecule has 4 heteroatoms. The Morgan fingerprint density at radius 3 is 2.80 bits per heavy atom. The first-order valence-corrected chi connectivity index (χ1v) is 4.35. The van der Waals surface area contributed by atoms with Crippen molar-refractivity contribution in [2.24, 2.45) is 0 Å². The highest BCUT2D eigenvalue weighted by Crippen LogP contribution is 2.13. The molecule has 0 fully saturated rings. The normalized spacial score (nSPS) is 10.5. The predicted molar refractivity (Wildman–Crippen MR) is 54.2 cm³/mol. The van der Waals surface area contributed by atoms with Crippen molar-refractivity contribution in [3.8, 4) is 0 Å². The molecule has 0 atom stereocenters. The topological polar surface area (TPSA) is 67.5 Å². The number of carboxylic acids is 1. The monoisotopic (exact) mass is 204 g/mol. The third-order valence-corrected chi connectivity index (χ3v) is 2.16. The first-order chi connectivity index (χ1) is 7.09. The van der Waals surface area contributed by atoms with Crippen molar-refractivity contribution in [1.82, 2.24) is 0 Å². The van der Waals surface area contributed by atoms with Gasteiger partial charge in [0.15, 0.2) is 0 Å². The number of rotatable bonds is 1. The number of aromatic carboxylic acids is 1. The zero-order chi connectivity index (χ0) is 11.0. The Balaban J connectivity index is 2.86. The summed E-state index contributed by atoms with van der Waals surface area (Å²) in [7, 11) is 0. The summed E-state index contributed by atoms with van der Waals surface area (Å²) in [5.74, 6) is -1.27. The molecule has 0 aliphatic carbocycles. The molecule has 1 aromatic heterocycles. The largest absolute Gasteiger partial charge is 0.477 e. The van der Waals surface area contributed by atoms with E-state index in [1.54, 1.807) is 18.2 Å². The fourth-order valence-electron chi connectivity index (χ4n) is 1.38. The van der Waals surface area contributed by atoms with Gasteiger partial charge in [-0.05, 0) is 24.6 Å². The maximum absolute atomic E-state index is 11.6. The molecule has 0 saturated carbocycles. The molecule has 2 rings (SSSR count). The van der Waals surface area contributed by atoms with Gasteiger partial charge < -0.3 is 9.52 Å². The Bertz CT molecular complexity index is 595. The third kappa shape index (κ3) is 1.50. The second kappa shape index (κ2) is 3.24. The fourth-order valence-corrected chi connectivity index (χ4v) is 1.38. The van der Waals surface area contributed by atoms with Crippen molar-refractivity contribution >= 4 is 16.9 Å². The van der Waals surface area contributed by atoms with E-state index in [1.165, 1.54) is 0 Å². The molecule has 0 saturated heterocycles. The summed E-state index contributed by atoms with van der Waals surface area (Å²) in [6, 6.07) is 5.01. The molecule has 76 valence electrons. The summed E-state index contributed by atoms with van der Waals surface area (Å²) in [5.41, 5.74) is 0.508. The molecular weight excluding hydrogens is 196 g/mol. The zero-order valence-electron chi connectivity index (χ0n) is 7.98. The zero-order valence-corrected chi connectivity index (χ0v) is 7.98. The van der Waals surface area contributed by atoms with E-state index in [9.17, 15) is 9.59 Å². The first kappa shape index (κ1) is 9.45. The minimum Gasteiger partial charge on any atom is -0.477 e. The van der Waals surface area contributed by atoms with Crippen LogP contribution in [0.1, 0.15) is 15.9 Å². The van der Waals surface area contributed by atoms with Crippen molar-refractivity contribution in [1.29, 1.82) is 0 Å². The summed E-state index contributed by atoms with van der Waals surface area (Å²) in [6.45, 7) is 1.87. The van der Waals surface area contributed by atoms with Gasteiger partial charge in [-0.1, -0.05) is 6.07 Å². The highest BCUT2D eigenvalue weighted by Gasteiger charge is 2.12. The summed E-state index contributed by atoms with van der Waals surface area (Å²) in [5, 5.41) is 9.01. The van der Waals surface area contributed by atoms with Crippen LogP contribution < -0.4 is 5.43 Å². The Labute approximate surface area is 84.8 Å². The molecule has 0 spiro atoms. The summed E-state index contributed by atoms with van der Waals surface area (Å²) in [6.07, 6.45) is 0.979. The van der Waals surface area contributed by atoms with Crippen molar-refractivity contribution in [3.05, 3.63) is 45.8 Å². The number of benzene rings is 1. The second-order valence-corrected chi connectivity index (χ2v) is 3.28. The first-order valence-electron chi connectivity index (χ1n) is 4.35. The van der Waals surface area contributed by atoms with Gasteiger partial charge >= 0.3 is 5.97 Å². The predicted octanol–water partition coefficient (Wildman–Crippen LogP) is 1.80. The number of aryl methyl sites for hydroxylation is 1. The minimum atomic E-state index is -1.27. The molecular formula is C11H8O4. The summed E-state index contributed by atoms with van der Waals surface area (Å²) < 4.78 is 5.08. The molecule has 0 aliphatic heterocycles. The van der Waals surface area contributed by atoms with E-state index < -0.39 is 11.4 Å². The molecule has 0 amide bonds. The van der Waals surface area contributed by atoms with Crippen molar-refractivity contribution in [3.63, 3.8) is 0 Å².